The Morgan fingerprint density at radius 2 is 1.91 bits per heavy atom. The molecule has 162 valence electrons. The number of amides is 1. The zero-order chi connectivity index (χ0) is 21.7. The van der Waals surface area contributed by atoms with Crippen molar-refractivity contribution < 1.29 is 9.53 Å². The van der Waals surface area contributed by atoms with Crippen molar-refractivity contribution in [2.75, 3.05) is 5.32 Å². The van der Waals surface area contributed by atoms with Crippen molar-refractivity contribution in [3.05, 3.63) is 53.7 Å². The lowest BCUT2D eigenvalue weighted by molar-refractivity contribution is -0.116. The maximum absolute atomic E-state index is 12.7. The molecule has 1 atom stereocenters. The predicted octanol–water partition coefficient (Wildman–Crippen LogP) is 3.64. The summed E-state index contributed by atoms with van der Waals surface area (Å²) in [7, 11) is 0. The van der Waals surface area contributed by atoms with Gasteiger partial charge in [-0.15, -0.1) is 0 Å². The molecule has 2 aliphatic rings. The average Bonchev–Trinajstić information content (AvgIpc) is 3.54. The Kier molecular flexibility index (Phi) is 4.41. The monoisotopic (exact) mass is 429 g/mol. The van der Waals surface area contributed by atoms with E-state index in [1.165, 1.54) is 19.2 Å². The fourth-order valence-electron chi connectivity index (χ4n) is 4.88. The van der Waals surface area contributed by atoms with E-state index in [0.29, 0.717) is 35.3 Å². The van der Waals surface area contributed by atoms with Crippen molar-refractivity contribution in [2.45, 2.75) is 51.0 Å². The Morgan fingerprint density at radius 1 is 1.09 bits per heavy atom. The number of hydrogen-bond acceptors (Lipinski definition) is 6. The number of aryl methyl sites for hydroxylation is 1. The summed E-state index contributed by atoms with van der Waals surface area (Å²) in [6.45, 7) is 1.96. The first kappa shape index (κ1) is 19.0. The van der Waals surface area contributed by atoms with E-state index in [-0.39, 0.29) is 11.8 Å². The number of carbonyl (C=O) groups is 1. The number of anilines is 1. The number of benzene rings is 1. The van der Waals surface area contributed by atoms with Gasteiger partial charge >= 0.3 is 0 Å². The third kappa shape index (κ3) is 3.12. The van der Waals surface area contributed by atoms with Gasteiger partial charge in [-0.2, -0.15) is 9.78 Å². The molecule has 9 nitrogen and oxygen atoms in total. The maximum atomic E-state index is 12.7. The highest BCUT2D eigenvalue weighted by Gasteiger charge is 2.33. The van der Waals surface area contributed by atoms with Crippen molar-refractivity contribution >= 4 is 22.9 Å². The molecule has 0 spiro atoms. The molecule has 1 fully saturated rings. The second-order valence-corrected chi connectivity index (χ2v) is 8.46. The van der Waals surface area contributed by atoms with Gasteiger partial charge in [-0.1, -0.05) is 12.1 Å². The minimum atomic E-state index is -0.0906. The van der Waals surface area contributed by atoms with Gasteiger partial charge < -0.3 is 15.0 Å². The van der Waals surface area contributed by atoms with Crippen LogP contribution in [0.4, 0.5) is 5.82 Å². The number of hydrogen-bond donors (Lipinski definition) is 2. The molecule has 4 heterocycles. The summed E-state index contributed by atoms with van der Waals surface area (Å²) >= 11 is 0. The first-order valence-corrected chi connectivity index (χ1v) is 11.0. The van der Waals surface area contributed by atoms with Gasteiger partial charge in [0.05, 0.1) is 18.1 Å². The van der Waals surface area contributed by atoms with Crippen molar-refractivity contribution in [1.29, 1.82) is 0 Å². The Morgan fingerprint density at radius 3 is 2.72 bits per heavy atom. The summed E-state index contributed by atoms with van der Waals surface area (Å²) in [5.74, 6) is 1.94. The van der Waals surface area contributed by atoms with E-state index in [1.807, 2.05) is 19.1 Å². The quantitative estimate of drug-likeness (QED) is 0.512. The van der Waals surface area contributed by atoms with Crippen molar-refractivity contribution in [3.8, 4) is 11.6 Å². The molecule has 0 unspecified atom stereocenters. The first-order valence-electron chi connectivity index (χ1n) is 11.0. The van der Waals surface area contributed by atoms with Gasteiger partial charge in [-0.3, -0.25) is 4.79 Å². The molecule has 9 heteroatoms. The summed E-state index contributed by atoms with van der Waals surface area (Å²) in [5.41, 5.74) is 4.14. The van der Waals surface area contributed by atoms with Crippen LogP contribution in [0.5, 0.6) is 5.75 Å². The molecular weight excluding hydrogens is 406 g/mol. The van der Waals surface area contributed by atoms with E-state index < -0.39 is 0 Å². The summed E-state index contributed by atoms with van der Waals surface area (Å²) in [6.07, 6.45) is 8.44. The van der Waals surface area contributed by atoms with E-state index in [2.05, 4.69) is 37.4 Å². The molecular formula is C23H23N7O2. The van der Waals surface area contributed by atoms with Crippen LogP contribution in [0.25, 0.3) is 17.0 Å². The lowest BCUT2D eigenvalue weighted by atomic mass is 9.86. The zero-order valence-electron chi connectivity index (χ0n) is 17.7. The molecule has 1 saturated carbocycles. The fourth-order valence-corrected chi connectivity index (χ4v) is 4.88. The maximum Gasteiger partial charge on any atom is 0.226 e. The fraction of sp³-hybridized carbons (Fsp3) is 0.348. The Labute approximate surface area is 184 Å². The van der Waals surface area contributed by atoms with E-state index in [4.69, 9.17) is 9.84 Å². The third-order valence-electron chi connectivity index (χ3n) is 6.39. The minimum absolute atomic E-state index is 0.0511. The van der Waals surface area contributed by atoms with Crippen molar-refractivity contribution in [1.82, 2.24) is 29.7 Å². The molecule has 3 aromatic heterocycles. The van der Waals surface area contributed by atoms with Gasteiger partial charge in [0.1, 0.15) is 23.4 Å². The van der Waals surface area contributed by atoms with Gasteiger partial charge in [0.2, 0.25) is 5.91 Å². The third-order valence-corrected chi connectivity index (χ3v) is 6.39. The van der Waals surface area contributed by atoms with Crippen LogP contribution in [-0.4, -0.2) is 41.7 Å². The van der Waals surface area contributed by atoms with Gasteiger partial charge in [0, 0.05) is 17.9 Å². The Hall–Kier alpha value is -3.75. The Bertz CT molecular complexity index is 1300. The molecule has 1 aliphatic carbocycles. The number of fused-ring (bicyclic) bond motifs is 2. The number of aromatic amines is 1. The molecule has 0 radical (unpaired) electrons. The summed E-state index contributed by atoms with van der Waals surface area (Å²) in [4.78, 5) is 28.5. The number of nitrogens with zero attached hydrogens (tertiary/aromatic N) is 5. The van der Waals surface area contributed by atoms with Gasteiger partial charge in [-0.25, -0.2) is 15.0 Å². The van der Waals surface area contributed by atoms with Crippen LogP contribution in [0, 0.1) is 6.92 Å². The minimum Gasteiger partial charge on any atom is -0.490 e. The van der Waals surface area contributed by atoms with E-state index in [1.54, 1.807) is 11.0 Å². The molecule has 1 aliphatic heterocycles. The first-order chi connectivity index (χ1) is 15.7. The van der Waals surface area contributed by atoms with Crippen LogP contribution in [0.15, 0.2) is 36.9 Å². The highest BCUT2D eigenvalue weighted by molar-refractivity contribution is 5.95. The van der Waals surface area contributed by atoms with Crippen LogP contribution >= 0.6 is 0 Å². The normalized spacial score (nSPS) is 18.7. The van der Waals surface area contributed by atoms with Crippen LogP contribution in [0.1, 0.15) is 54.8 Å². The summed E-state index contributed by atoms with van der Waals surface area (Å²) in [5, 5.41) is 7.73. The van der Waals surface area contributed by atoms with Crippen LogP contribution in [-0.2, 0) is 4.79 Å². The van der Waals surface area contributed by atoms with Crippen LogP contribution < -0.4 is 10.1 Å². The lowest BCUT2D eigenvalue weighted by Gasteiger charge is -2.24. The summed E-state index contributed by atoms with van der Waals surface area (Å²) < 4.78 is 7.78. The number of ether oxygens (including phenoxy) is 1. The molecule has 1 aromatic carbocycles. The van der Waals surface area contributed by atoms with Crippen molar-refractivity contribution in [2.24, 2.45) is 0 Å². The van der Waals surface area contributed by atoms with Gasteiger partial charge in [-0.05, 0) is 50.3 Å². The molecule has 2 N–H and O–H groups in total. The molecule has 4 aromatic rings. The number of carbonyl (C=O) groups excluding carboxylic acids is 1. The summed E-state index contributed by atoms with van der Waals surface area (Å²) in [6, 6.07) is 8.15. The van der Waals surface area contributed by atoms with Crippen LogP contribution in [0.2, 0.25) is 0 Å². The van der Waals surface area contributed by atoms with E-state index >= 15 is 0 Å². The van der Waals surface area contributed by atoms with Crippen molar-refractivity contribution in [3.63, 3.8) is 0 Å². The highest BCUT2D eigenvalue weighted by atomic mass is 16.5. The molecule has 0 bridgehead atoms. The Balaban J connectivity index is 1.38. The highest BCUT2D eigenvalue weighted by Crippen LogP contribution is 2.41. The topological polar surface area (TPSA) is 111 Å². The number of nitrogens with one attached hydrogen (secondary N) is 2. The standard InChI is InChI=1S/C23H23N7O2/c1-13-19-17(14-6-8-16(9-7-14)32-15-4-2-3-5-15)10-18(31)28-22(19)30(29-13)23-20-21(25-11-24-20)26-12-27-23/h6-9,11-12,15,17H,2-5,10H2,1H3,(H,28,31)(H,24,25,26,27)/t17-/m1/s1. The molecule has 32 heavy (non-hydrogen) atoms. The van der Waals surface area contributed by atoms with E-state index in [9.17, 15) is 4.79 Å². The molecule has 6 rings (SSSR count). The van der Waals surface area contributed by atoms with Gasteiger partial charge in [0.15, 0.2) is 11.5 Å². The largest absolute Gasteiger partial charge is 0.490 e. The predicted molar refractivity (Wildman–Crippen MR) is 118 cm³/mol. The zero-order valence-corrected chi connectivity index (χ0v) is 17.7. The SMILES string of the molecule is Cc1nn(-c2ncnc3nc[nH]c23)c2c1[C@@H](c1ccc(OC3CCCC3)cc1)CC(=O)N2. The number of H-pyrrole nitrogens is 1. The number of imidazole rings is 1. The lowest BCUT2D eigenvalue weighted by Crippen LogP contribution is -2.25. The second-order valence-electron chi connectivity index (χ2n) is 8.46. The molecule has 0 saturated heterocycles. The second kappa shape index (κ2) is 7.44. The van der Waals surface area contributed by atoms with Gasteiger partial charge in [0.25, 0.3) is 0 Å². The van der Waals surface area contributed by atoms with E-state index in [0.717, 1.165) is 35.4 Å². The van der Waals surface area contributed by atoms with Crippen LogP contribution in [0.3, 0.4) is 0 Å². The number of aromatic nitrogens is 6. The average molecular weight is 429 g/mol. The molecule has 1 amide bonds. The smallest absolute Gasteiger partial charge is 0.226 e. The number of rotatable bonds is 4.